The fourth-order valence-corrected chi connectivity index (χ4v) is 3.18. The molecule has 0 spiro atoms. The molecule has 0 fully saturated rings. The zero-order chi connectivity index (χ0) is 22.5. The van der Waals surface area contributed by atoms with E-state index in [0.717, 1.165) is 0 Å². The molecule has 0 aliphatic heterocycles. The first-order chi connectivity index (χ1) is 14.0. The summed E-state index contributed by atoms with van der Waals surface area (Å²) < 4.78 is 45.8. The maximum Gasteiger partial charge on any atom is 2.00 e. The Hall–Kier alpha value is -0.988. The molecule has 0 radical (unpaired) electrons. The van der Waals surface area contributed by atoms with Crippen molar-refractivity contribution in [2.45, 2.75) is 0 Å². The van der Waals surface area contributed by atoms with Crippen LogP contribution in [0.2, 0.25) is 0 Å². The molecule has 15 heteroatoms. The second-order valence-electron chi connectivity index (χ2n) is 5.58. The van der Waals surface area contributed by atoms with Crippen LogP contribution in [0.3, 0.4) is 0 Å². The van der Waals surface area contributed by atoms with Crippen molar-refractivity contribution in [2.24, 2.45) is 0 Å². The van der Waals surface area contributed by atoms with Gasteiger partial charge in [-0.1, -0.05) is 18.2 Å². The van der Waals surface area contributed by atoms with Gasteiger partial charge in [0.15, 0.2) is 23.0 Å². The van der Waals surface area contributed by atoms with Gasteiger partial charge in [0.1, 0.15) is 15.6 Å². The molecule has 164 valence electrons. The number of phosphoric acid groups is 2. The Labute approximate surface area is 216 Å². The molecule has 0 aromatic heterocycles. The van der Waals surface area contributed by atoms with Gasteiger partial charge in [0.25, 0.3) is 0 Å². The molecule has 0 saturated carbocycles. The summed E-state index contributed by atoms with van der Waals surface area (Å²) >= 11 is 0. The number of benzene rings is 2. The normalized spacial score (nSPS) is 11.2. The predicted octanol–water partition coefficient (Wildman–Crippen LogP) is -0.464. The first kappa shape index (κ1) is 31.0. The average molecular weight is 507 g/mol. The molecule has 0 bridgehead atoms. The Kier molecular flexibility index (Phi) is 12.6. The zero-order valence-electron chi connectivity index (χ0n) is 17.3. The maximum atomic E-state index is 11.0. The fourth-order valence-electron chi connectivity index (χ4n) is 2.42. The van der Waals surface area contributed by atoms with Gasteiger partial charge in [-0.05, 0) is 35.4 Å². The van der Waals surface area contributed by atoms with Gasteiger partial charge in [0.2, 0.25) is 5.75 Å². The van der Waals surface area contributed by atoms with Crippen molar-refractivity contribution in [3.63, 3.8) is 0 Å². The van der Waals surface area contributed by atoms with Crippen LogP contribution in [0.1, 0.15) is 11.1 Å². The van der Waals surface area contributed by atoms with Crippen LogP contribution in [0.25, 0.3) is 12.2 Å². The summed E-state index contributed by atoms with van der Waals surface area (Å²) in [6.07, 6.45) is 2.97. The van der Waals surface area contributed by atoms with Crippen molar-refractivity contribution < 1.29 is 52.0 Å². The van der Waals surface area contributed by atoms with E-state index in [2.05, 4.69) is 9.05 Å². The summed E-state index contributed by atoms with van der Waals surface area (Å²) in [5.41, 5.74) is 0.766. The summed E-state index contributed by atoms with van der Waals surface area (Å²) in [5.74, 6) is -0.642. The van der Waals surface area contributed by atoms with Crippen molar-refractivity contribution in [1.29, 1.82) is 0 Å². The summed E-state index contributed by atoms with van der Waals surface area (Å²) in [7, 11) is -6.86. The molecule has 2 aromatic carbocycles. The van der Waals surface area contributed by atoms with E-state index < -0.39 is 15.6 Å². The minimum atomic E-state index is -5.37. The molecule has 0 saturated heterocycles. The van der Waals surface area contributed by atoms with Crippen LogP contribution in [0.4, 0.5) is 0 Å². The second kappa shape index (κ2) is 13.0. The molecule has 32 heavy (non-hydrogen) atoms. The van der Waals surface area contributed by atoms with Crippen LogP contribution >= 0.6 is 15.6 Å². The summed E-state index contributed by atoms with van der Waals surface area (Å²) in [5, 5.41) is 0. The van der Waals surface area contributed by atoms with Crippen LogP contribution < -0.4 is 42.8 Å². The molecule has 0 N–H and O–H groups in total. The number of hydrogen-bond donors (Lipinski definition) is 0. The summed E-state index contributed by atoms with van der Waals surface area (Å²) in [6.45, 7) is 0. The van der Waals surface area contributed by atoms with Crippen molar-refractivity contribution in [1.82, 2.24) is 0 Å². The number of phosphoric ester groups is 2. The Morgan fingerprint density at radius 3 is 1.62 bits per heavy atom. The summed E-state index contributed by atoms with van der Waals surface area (Å²) in [6, 6.07) is 6.89. The minimum absolute atomic E-state index is 0. The fraction of sp³-hybridized carbons (Fsp3) is 0.176. The molecule has 0 aliphatic rings. The Bertz CT molecular complexity index is 1030. The monoisotopic (exact) mass is 506 g/mol. The van der Waals surface area contributed by atoms with Gasteiger partial charge < -0.3 is 52.0 Å². The number of hydrogen-bond acceptors (Lipinski definition) is 11. The molecule has 2 rings (SSSR count). The largest absolute Gasteiger partial charge is 2.00 e. The third-order valence-corrected chi connectivity index (χ3v) is 4.38. The third-order valence-electron chi connectivity index (χ3n) is 3.54. The molecule has 2 aromatic rings. The van der Waals surface area contributed by atoms with Crippen LogP contribution in [-0.4, -0.2) is 67.4 Å². The predicted molar refractivity (Wildman–Crippen MR) is 109 cm³/mol. The Morgan fingerprint density at radius 1 is 0.656 bits per heavy atom. The third kappa shape index (κ3) is 9.48. The topological polar surface area (TPSA) is 173 Å². The van der Waals surface area contributed by atoms with Crippen LogP contribution in [0.15, 0.2) is 30.3 Å². The molecule has 0 heterocycles. The quantitative estimate of drug-likeness (QED) is 0.244. The molecule has 11 nitrogen and oxygen atoms in total. The standard InChI is InChI=1S/C17H20O11P2.2Mg/c1-24-13-7-6-11(8-14(13)27-29(18,19)20)4-5-12-9-15(25-2)17(26-3)16(10-12)28-30(21,22)23;;/h4-10H,1-3H3,(H2,18,19,20)(H2,21,22,23);;/q;2*+2/p-4/b5-4-;;. The van der Waals surface area contributed by atoms with E-state index in [4.69, 9.17) is 14.2 Å². The maximum absolute atomic E-state index is 11.0. The van der Waals surface area contributed by atoms with E-state index in [0.29, 0.717) is 11.1 Å². The van der Waals surface area contributed by atoms with Gasteiger partial charge in [-0.3, -0.25) is 0 Å². The number of ether oxygens (including phenoxy) is 3. The van der Waals surface area contributed by atoms with E-state index >= 15 is 0 Å². The first-order valence-electron chi connectivity index (χ1n) is 8.01. The SMILES string of the molecule is COc1ccc(/C=C\c2cc(OC)c(OC)c(OP(=O)([O-])[O-])c2)cc1OP(=O)([O-])[O-].[Mg+2].[Mg+2]. The van der Waals surface area contributed by atoms with Crippen molar-refractivity contribution in [2.75, 3.05) is 21.3 Å². The Balaban J connectivity index is 0.00000480. The van der Waals surface area contributed by atoms with Crippen LogP contribution in [0.5, 0.6) is 28.7 Å². The average Bonchev–Trinajstić information content (AvgIpc) is 2.63. The molecular weight excluding hydrogens is 491 g/mol. The molecule has 0 amide bonds. The van der Waals surface area contributed by atoms with Crippen molar-refractivity contribution >= 4 is 73.9 Å². The molecule has 0 unspecified atom stereocenters. The first-order valence-corrected chi connectivity index (χ1v) is 10.9. The van der Waals surface area contributed by atoms with Gasteiger partial charge in [0.05, 0.1) is 21.3 Å². The smallest absolute Gasteiger partial charge is 0.780 e. The zero-order valence-corrected chi connectivity index (χ0v) is 22.0. The number of rotatable bonds is 9. The van der Waals surface area contributed by atoms with Gasteiger partial charge in [0, 0.05) is 0 Å². The van der Waals surface area contributed by atoms with Crippen molar-refractivity contribution in [3.8, 4) is 28.7 Å². The van der Waals surface area contributed by atoms with Gasteiger partial charge in [-0.2, -0.15) is 0 Å². The van der Waals surface area contributed by atoms with E-state index in [9.17, 15) is 28.7 Å². The van der Waals surface area contributed by atoms with Crippen molar-refractivity contribution in [3.05, 3.63) is 41.5 Å². The molecule has 0 aliphatic carbocycles. The second-order valence-corrected chi connectivity index (χ2v) is 7.73. The van der Waals surface area contributed by atoms with Gasteiger partial charge in [-0.25, -0.2) is 0 Å². The van der Waals surface area contributed by atoms with Crippen LogP contribution in [-0.2, 0) is 9.13 Å². The van der Waals surface area contributed by atoms with E-state index in [1.807, 2.05) is 0 Å². The Morgan fingerprint density at radius 2 is 1.12 bits per heavy atom. The van der Waals surface area contributed by atoms with E-state index in [-0.39, 0.29) is 74.9 Å². The van der Waals surface area contributed by atoms with E-state index in [1.54, 1.807) is 6.07 Å². The molecular formula is C17H16Mg2O11P2. The van der Waals surface area contributed by atoms with Gasteiger partial charge >= 0.3 is 46.1 Å². The summed E-state index contributed by atoms with van der Waals surface area (Å²) in [4.78, 5) is 43.8. The van der Waals surface area contributed by atoms with Crippen LogP contribution in [0, 0.1) is 0 Å². The van der Waals surface area contributed by atoms with E-state index in [1.165, 1.54) is 57.7 Å². The minimum Gasteiger partial charge on any atom is -0.780 e. The number of methoxy groups -OCH3 is 3. The molecule has 0 atom stereocenters. The van der Waals surface area contributed by atoms with Gasteiger partial charge in [-0.15, -0.1) is 0 Å².